The maximum Gasteiger partial charge on any atom is 0.337 e. The van der Waals surface area contributed by atoms with Gasteiger partial charge in [0.05, 0.1) is 12.0 Å². The third-order valence-corrected chi connectivity index (χ3v) is 5.90. The van der Waals surface area contributed by atoms with Crippen molar-refractivity contribution in [3.63, 3.8) is 0 Å². The molecule has 0 aliphatic carbocycles. The highest BCUT2D eigenvalue weighted by molar-refractivity contribution is 8.02. The molecule has 0 unspecified atom stereocenters. The number of carbonyl (C=O) groups excluding carboxylic acids is 4. The molecule has 7 nitrogen and oxygen atoms in total. The van der Waals surface area contributed by atoms with E-state index in [0.717, 1.165) is 0 Å². The Bertz CT molecular complexity index is 639. The molecule has 2 atom stereocenters. The van der Waals surface area contributed by atoms with E-state index in [1.807, 2.05) is 0 Å². The number of rotatable bonds is 1. The van der Waals surface area contributed by atoms with Crippen molar-refractivity contribution in [1.82, 2.24) is 4.90 Å². The quantitative estimate of drug-likeness (QED) is 0.391. The van der Waals surface area contributed by atoms with Crippen molar-refractivity contribution in [3.8, 4) is 0 Å². The van der Waals surface area contributed by atoms with Gasteiger partial charge in [-0.2, -0.15) is 0 Å². The summed E-state index contributed by atoms with van der Waals surface area (Å²) in [7, 11) is 0. The van der Waals surface area contributed by atoms with Crippen molar-refractivity contribution < 1.29 is 28.7 Å². The van der Waals surface area contributed by atoms with Crippen LogP contribution in [-0.4, -0.2) is 51.0 Å². The van der Waals surface area contributed by atoms with Crippen LogP contribution in [0.3, 0.4) is 0 Å². The summed E-state index contributed by atoms with van der Waals surface area (Å²) in [5.74, 6) is -1.87. The summed E-state index contributed by atoms with van der Waals surface area (Å²) in [6.07, 6.45) is 1.04. The van der Waals surface area contributed by atoms with Crippen molar-refractivity contribution >= 4 is 35.4 Å². The summed E-state index contributed by atoms with van der Waals surface area (Å²) >= 11 is 1.37. The van der Waals surface area contributed by atoms with Crippen molar-refractivity contribution in [3.05, 3.63) is 11.6 Å². The molecular formula is C14H15NO6S. The number of hydrogen-bond acceptors (Lipinski definition) is 7. The summed E-state index contributed by atoms with van der Waals surface area (Å²) in [4.78, 5) is 49.4. The molecule has 0 aromatic heterocycles. The van der Waals surface area contributed by atoms with E-state index in [9.17, 15) is 19.2 Å². The number of amides is 1. The van der Waals surface area contributed by atoms with Crippen LogP contribution in [0.15, 0.2) is 11.6 Å². The van der Waals surface area contributed by atoms with E-state index >= 15 is 0 Å². The molecule has 3 aliphatic heterocycles. The van der Waals surface area contributed by atoms with E-state index in [0.29, 0.717) is 5.57 Å². The zero-order valence-electron chi connectivity index (χ0n) is 12.4. The molecule has 0 aromatic carbocycles. The largest absolute Gasteiger partial charge is 0.428 e. The molecule has 118 valence electrons. The van der Waals surface area contributed by atoms with E-state index in [-0.39, 0.29) is 12.2 Å². The third-order valence-electron chi connectivity index (χ3n) is 4.29. The number of β-lactam (4-membered cyclic amide) rings is 1. The van der Waals surface area contributed by atoms with Gasteiger partial charge >= 0.3 is 11.9 Å². The number of thioether (sulfide) groups is 1. The van der Waals surface area contributed by atoms with Crippen LogP contribution in [0.2, 0.25) is 0 Å². The second-order valence-electron chi connectivity index (χ2n) is 5.97. The highest BCUT2D eigenvalue weighted by Crippen LogP contribution is 2.60. The Balaban J connectivity index is 2.08. The number of esters is 2. The van der Waals surface area contributed by atoms with Gasteiger partial charge in [0.15, 0.2) is 11.3 Å². The van der Waals surface area contributed by atoms with Gasteiger partial charge in [-0.05, 0) is 26.8 Å². The van der Waals surface area contributed by atoms with Gasteiger partial charge in [0, 0.05) is 4.75 Å². The highest BCUT2D eigenvalue weighted by Gasteiger charge is 2.72. The molecule has 8 heteroatoms. The van der Waals surface area contributed by atoms with E-state index in [4.69, 9.17) is 9.47 Å². The predicted molar refractivity (Wildman–Crippen MR) is 75.5 cm³/mol. The van der Waals surface area contributed by atoms with Crippen molar-refractivity contribution in [2.45, 2.75) is 42.9 Å². The summed E-state index contributed by atoms with van der Waals surface area (Å²) in [6.45, 7) is 4.49. The van der Waals surface area contributed by atoms with Gasteiger partial charge in [-0.3, -0.25) is 14.4 Å². The first-order valence-corrected chi connectivity index (χ1v) is 7.65. The molecule has 0 N–H and O–H groups in total. The Kier molecular flexibility index (Phi) is 3.14. The average Bonchev–Trinajstić information content (AvgIpc) is 2.49. The molecule has 0 aromatic rings. The summed E-state index contributed by atoms with van der Waals surface area (Å²) in [6, 6.07) is 0. The zero-order chi connectivity index (χ0) is 16.3. The number of ketones is 1. The Morgan fingerprint density at radius 1 is 1.32 bits per heavy atom. The molecule has 0 saturated carbocycles. The number of nitrogens with zero attached hydrogens (tertiary/aromatic N) is 1. The number of allylic oxidation sites excluding steroid dienone is 1. The van der Waals surface area contributed by atoms with Gasteiger partial charge in [-0.1, -0.05) is 0 Å². The summed E-state index contributed by atoms with van der Waals surface area (Å²) < 4.78 is 9.03. The molecule has 22 heavy (non-hydrogen) atoms. The lowest BCUT2D eigenvalue weighted by molar-refractivity contribution is -0.171. The monoisotopic (exact) mass is 325 g/mol. The predicted octanol–water partition coefficient (Wildman–Crippen LogP) is 0.382. The Labute approximate surface area is 131 Å². The number of carbonyl (C=O) groups is 4. The van der Waals surface area contributed by atoms with Gasteiger partial charge < -0.3 is 14.4 Å². The minimum Gasteiger partial charge on any atom is -0.428 e. The minimum absolute atomic E-state index is 0.231. The number of ether oxygens (including phenoxy) is 2. The Hall–Kier alpha value is -1.83. The number of cyclic esters (lactones) is 2. The maximum atomic E-state index is 12.5. The molecule has 3 saturated heterocycles. The van der Waals surface area contributed by atoms with Crippen LogP contribution in [0.25, 0.3) is 0 Å². The van der Waals surface area contributed by atoms with E-state index < -0.39 is 40.3 Å². The average molecular weight is 325 g/mol. The normalized spacial score (nSPS) is 34.9. The maximum absolute atomic E-state index is 12.5. The number of hydrogen-bond donors (Lipinski definition) is 0. The number of fused-ring (bicyclic) bond motifs is 2. The van der Waals surface area contributed by atoms with Gasteiger partial charge in [0.2, 0.25) is 6.79 Å². The first-order chi connectivity index (χ1) is 10.2. The molecule has 3 rings (SSSR count). The van der Waals surface area contributed by atoms with Crippen molar-refractivity contribution in [1.29, 1.82) is 0 Å². The first kappa shape index (κ1) is 15.1. The summed E-state index contributed by atoms with van der Waals surface area (Å²) in [5.41, 5.74) is -1.05. The Morgan fingerprint density at radius 3 is 2.64 bits per heavy atom. The lowest BCUT2D eigenvalue weighted by atomic mass is 9.78. The van der Waals surface area contributed by atoms with Crippen LogP contribution in [-0.2, 0) is 28.7 Å². The lowest BCUT2D eigenvalue weighted by Gasteiger charge is -2.46. The SMILES string of the molecule is CC(=O)C=C1C(=O)N2[C@@H]1SC(C)(C)[C@@]21CC(=O)OCOC1=O. The smallest absolute Gasteiger partial charge is 0.337 e. The molecule has 3 heterocycles. The standard InChI is InChI=1S/C14H15NO6S/c1-7(16)4-8-10(18)15-11(8)22-13(2,3)14(15)5-9(17)20-6-21-12(14)19/h4,11H,5-6H2,1-3H3/t11-,14+/m1/s1. The van der Waals surface area contributed by atoms with Crippen molar-refractivity contribution in [2.75, 3.05) is 6.79 Å². The van der Waals surface area contributed by atoms with Gasteiger partial charge in [0.25, 0.3) is 5.91 Å². The van der Waals surface area contributed by atoms with E-state index in [1.54, 1.807) is 13.8 Å². The second-order valence-corrected chi connectivity index (χ2v) is 7.67. The fourth-order valence-electron chi connectivity index (χ4n) is 3.17. The second kappa shape index (κ2) is 4.58. The molecule has 3 aliphatic rings. The third kappa shape index (κ3) is 1.76. The fraction of sp³-hybridized carbons (Fsp3) is 0.571. The molecule has 0 radical (unpaired) electrons. The topological polar surface area (TPSA) is 90.0 Å². The van der Waals surface area contributed by atoms with Gasteiger partial charge in [-0.15, -0.1) is 11.8 Å². The fourth-order valence-corrected chi connectivity index (χ4v) is 4.86. The van der Waals surface area contributed by atoms with Gasteiger partial charge in [0.1, 0.15) is 5.37 Å². The Morgan fingerprint density at radius 2 is 2.00 bits per heavy atom. The molecule has 1 spiro atoms. The zero-order valence-corrected chi connectivity index (χ0v) is 13.2. The highest BCUT2D eigenvalue weighted by atomic mass is 32.2. The molecule has 0 bridgehead atoms. The van der Waals surface area contributed by atoms with Crippen LogP contribution in [0.1, 0.15) is 27.2 Å². The molecule has 1 amide bonds. The molecule has 3 fully saturated rings. The minimum atomic E-state index is -1.40. The first-order valence-electron chi connectivity index (χ1n) is 6.77. The lowest BCUT2D eigenvalue weighted by Crippen LogP contribution is -2.68. The van der Waals surface area contributed by atoms with E-state index in [2.05, 4.69) is 0 Å². The van der Waals surface area contributed by atoms with Crippen LogP contribution >= 0.6 is 11.8 Å². The molecular weight excluding hydrogens is 310 g/mol. The van der Waals surface area contributed by atoms with Crippen LogP contribution < -0.4 is 0 Å². The van der Waals surface area contributed by atoms with Gasteiger partial charge in [-0.25, -0.2) is 4.79 Å². The summed E-state index contributed by atoms with van der Waals surface area (Å²) in [5, 5.41) is -0.426. The van der Waals surface area contributed by atoms with Crippen LogP contribution in [0.4, 0.5) is 0 Å². The van der Waals surface area contributed by atoms with Crippen LogP contribution in [0.5, 0.6) is 0 Å². The van der Waals surface area contributed by atoms with E-state index in [1.165, 1.54) is 29.7 Å². The van der Waals surface area contributed by atoms with Crippen LogP contribution in [0, 0.1) is 0 Å². The van der Waals surface area contributed by atoms with Crippen molar-refractivity contribution in [2.24, 2.45) is 0 Å².